The van der Waals surface area contributed by atoms with Crippen LogP contribution in [0.5, 0.6) is 11.5 Å². The van der Waals surface area contributed by atoms with Crippen molar-refractivity contribution in [1.29, 1.82) is 0 Å². The lowest BCUT2D eigenvalue weighted by Gasteiger charge is -2.10. The average Bonchev–Trinajstić information content (AvgIpc) is 2.38. The lowest BCUT2D eigenvalue weighted by atomic mass is 10.2. The molecule has 0 bridgehead atoms. The molecule has 0 aliphatic carbocycles. The van der Waals surface area contributed by atoms with Crippen LogP contribution in [-0.4, -0.2) is 40.5 Å². The van der Waals surface area contributed by atoms with Crippen LogP contribution in [0, 0.1) is 0 Å². The van der Waals surface area contributed by atoms with Crippen LogP contribution in [0.15, 0.2) is 18.2 Å². The van der Waals surface area contributed by atoms with Crippen LogP contribution in [0.4, 0.5) is 0 Å². The molecule has 94 valence electrons. The lowest BCUT2D eigenvalue weighted by Crippen LogP contribution is -2.07. The van der Waals surface area contributed by atoms with Gasteiger partial charge in [0.2, 0.25) is 0 Å². The summed E-state index contributed by atoms with van der Waals surface area (Å²) in [6, 6.07) is 4.97. The summed E-state index contributed by atoms with van der Waals surface area (Å²) in [5.74, 6) is 0.568. The Bertz CT molecular complexity index is 375. The van der Waals surface area contributed by atoms with Gasteiger partial charge in [0.25, 0.3) is 0 Å². The fourth-order valence-corrected chi connectivity index (χ4v) is 1.29. The molecule has 0 N–H and O–H groups in total. The minimum absolute atomic E-state index is 0.338. The summed E-state index contributed by atoms with van der Waals surface area (Å²) >= 11 is 0. The molecule has 1 rings (SSSR count). The van der Waals surface area contributed by atoms with E-state index >= 15 is 0 Å². The third kappa shape index (κ3) is 3.64. The van der Waals surface area contributed by atoms with Crippen LogP contribution in [0.1, 0.15) is 10.4 Å². The van der Waals surface area contributed by atoms with Gasteiger partial charge >= 0.3 is 5.97 Å². The first-order chi connectivity index (χ1) is 8.22. The third-order valence-corrected chi connectivity index (χ3v) is 2.13. The Kier molecular flexibility index (Phi) is 5.29. The van der Waals surface area contributed by atoms with Crippen molar-refractivity contribution in [3.63, 3.8) is 0 Å². The number of hydrogen-bond donors (Lipinski definition) is 0. The fraction of sp³-hybridized carbons (Fsp3) is 0.417. The minimum atomic E-state index is -0.459. The highest BCUT2D eigenvalue weighted by Gasteiger charge is 2.13. The SMILES string of the molecule is COCCOc1ccc(OC)c(C(=O)OC)c1. The van der Waals surface area contributed by atoms with Crippen molar-refractivity contribution in [3.8, 4) is 11.5 Å². The van der Waals surface area contributed by atoms with Crippen molar-refractivity contribution in [2.45, 2.75) is 0 Å². The highest BCUT2D eigenvalue weighted by Crippen LogP contribution is 2.24. The van der Waals surface area contributed by atoms with Crippen molar-refractivity contribution in [2.75, 3.05) is 34.5 Å². The summed E-state index contributed by atoms with van der Waals surface area (Å²) in [4.78, 5) is 11.5. The van der Waals surface area contributed by atoms with Crippen LogP contribution in [0.25, 0.3) is 0 Å². The Labute approximate surface area is 100 Å². The van der Waals surface area contributed by atoms with Gasteiger partial charge in [-0.1, -0.05) is 0 Å². The number of methoxy groups -OCH3 is 3. The third-order valence-electron chi connectivity index (χ3n) is 2.13. The Balaban J connectivity index is 2.85. The van der Waals surface area contributed by atoms with Gasteiger partial charge in [-0.2, -0.15) is 0 Å². The molecule has 0 amide bonds. The Morgan fingerprint density at radius 1 is 1.18 bits per heavy atom. The zero-order valence-corrected chi connectivity index (χ0v) is 10.2. The molecule has 5 nitrogen and oxygen atoms in total. The molecule has 0 radical (unpaired) electrons. The number of hydrogen-bond acceptors (Lipinski definition) is 5. The molecule has 0 aromatic heterocycles. The normalized spacial score (nSPS) is 9.82. The van der Waals surface area contributed by atoms with Crippen LogP contribution in [-0.2, 0) is 9.47 Å². The van der Waals surface area contributed by atoms with E-state index in [0.717, 1.165) is 0 Å². The maximum absolute atomic E-state index is 11.5. The van der Waals surface area contributed by atoms with Crippen LogP contribution in [0.3, 0.4) is 0 Å². The molecule has 0 spiro atoms. The van der Waals surface area contributed by atoms with E-state index in [4.69, 9.17) is 14.2 Å². The maximum Gasteiger partial charge on any atom is 0.341 e. The summed E-state index contributed by atoms with van der Waals surface area (Å²) in [6.07, 6.45) is 0. The quantitative estimate of drug-likeness (QED) is 0.557. The lowest BCUT2D eigenvalue weighted by molar-refractivity contribution is 0.0596. The molecule has 0 aliphatic heterocycles. The second-order valence-electron chi connectivity index (χ2n) is 3.19. The summed E-state index contributed by atoms with van der Waals surface area (Å²) < 4.78 is 20.0. The molecule has 0 saturated carbocycles. The van der Waals surface area contributed by atoms with Gasteiger partial charge in [0, 0.05) is 7.11 Å². The molecule has 0 atom stereocenters. The number of carbonyl (C=O) groups is 1. The predicted octanol–water partition coefficient (Wildman–Crippen LogP) is 1.51. The summed E-state index contributed by atoms with van der Waals surface area (Å²) in [7, 11) is 4.41. The first kappa shape index (κ1) is 13.3. The first-order valence-corrected chi connectivity index (χ1v) is 5.11. The van der Waals surface area contributed by atoms with Crippen LogP contribution < -0.4 is 9.47 Å². The second kappa shape index (κ2) is 6.75. The van der Waals surface area contributed by atoms with Gasteiger partial charge in [0.15, 0.2) is 0 Å². The largest absolute Gasteiger partial charge is 0.496 e. The molecular weight excluding hydrogens is 224 g/mol. The predicted molar refractivity (Wildman–Crippen MR) is 61.7 cm³/mol. The van der Waals surface area contributed by atoms with E-state index in [2.05, 4.69) is 4.74 Å². The van der Waals surface area contributed by atoms with E-state index in [1.165, 1.54) is 14.2 Å². The van der Waals surface area contributed by atoms with Crippen molar-refractivity contribution < 1.29 is 23.7 Å². The molecule has 1 aromatic rings. The highest BCUT2D eigenvalue weighted by molar-refractivity contribution is 5.92. The van der Waals surface area contributed by atoms with Gasteiger partial charge in [-0.3, -0.25) is 0 Å². The fourth-order valence-electron chi connectivity index (χ4n) is 1.29. The van der Waals surface area contributed by atoms with Crippen LogP contribution in [0.2, 0.25) is 0 Å². The Hall–Kier alpha value is -1.75. The van der Waals surface area contributed by atoms with Gasteiger partial charge < -0.3 is 18.9 Å². The number of ether oxygens (including phenoxy) is 4. The zero-order valence-electron chi connectivity index (χ0n) is 10.2. The molecule has 1 aromatic carbocycles. The van der Waals surface area contributed by atoms with Gasteiger partial charge in [-0.05, 0) is 18.2 Å². The second-order valence-corrected chi connectivity index (χ2v) is 3.19. The number of benzene rings is 1. The van der Waals surface area contributed by atoms with Gasteiger partial charge in [0.05, 0.1) is 20.8 Å². The average molecular weight is 240 g/mol. The number of rotatable bonds is 6. The van der Waals surface area contributed by atoms with E-state index < -0.39 is 5.97 Å². The van der Waals surface area contributed by atoms with Crippen molar-refractivity contribution >= 4 is 5.97 Å². The Morgan fingerprint density at radius 3 is 2.53 bits per heavy atom. The molecular formula is C12H16O5. The van der Waals surface area contributed by atoms with E-state index in [-0.39, 0.29) is 0 Å². The molecule has 5 heteroatoms. The van der Waals surface area contributed by atoms with Crippen molar-refractivity contribution in [2.24, 2.45) is 0 Å². The highest BCUT2D eigenvalue weighted by atomic mass is 16.5. The molecule has 0 saturated heterocycles. The summed E-state index contributed by atoms with van der Waals surface area (Å²) in [6.45, 7) is 0.906. The summed E-state index contributed by atoms with van der Waals surface area (Å²) in [5.41, 5.74) is 0.338. The Morgan fingerprint density at radius 2 is 1.94 bits per heavy atom. The topological polar surface area (TPSA) is 54.0 Å². The number of esters is 1. The van der Waals surface area contributed by atoms with E-state index in [9.17, 15) is 4.79 Å². The molecule has 0 heterocycles. The van der Waals surface area contributed by atoms with E-state index in [0.29, 0.717) is 30.3 Å². The minimum Gasteiger partial charge on any atom is -0.496 e. The zero-order chi connectivity index (χ0) is 12.7. The van der Waals surface area contributed by atoms with E-state index in [1.54, 1.807) is 25.3 Å². The monoisotopic (exact) mass is 240 g/mol. The maximum atomic E-state index is 11.5. The summed E-state index contributed by atoms with van der Waals surface area (Å²) in [5, 5.41) is 0. The first-order valence-electron chi connectivity index (χ1n) is 5.11. The van der Waals surface area contributed by atoms with Gasteiger partial charge in [-0.25, -0.2) is 4.79 Å². The van der Waals surface area contributed by atoms with Crippen LogP contribution >= 0.6 is 0 Å². The number of carbonyl (C=O) groups excluding carboxylic acids is 1. The smallest absolute Gasteiger partial charge is 0.341 e. The molecule has 0 unspecified atom stereocenters. The van der Waals surface area contributed by atoms with Crippen molar-refractivity contribution in [1.82, 2.24) is 0 Å². The molecule has 0 aliphatic rings. The van der Waals surface area contributed by atoms with Gasteiger partial charge in [-0.15, -0.1) is 0 Å². The van der Waals surface area contributed by atoms with Gasteiger partial charge in [0.1, 0.15) is 23.7 Å². The van der Waals surface area contributed by atoms with Crippen molar-refractivity contribution in [3.05, 3.63) is 23.8 Å². The molecule has 17 heavy (non-hydrogen) atoms. The standard InChI is InChI=1S/C12H16O5/c1-14-6-7-17-9-4-5-11(15-2)10(8-9)12(13)16-3/h4-5,8H,6-7H2,1-3H3. The van der Waals surface area contributed by atoms with E-state index in [1.807, 2.05) is 0 Å². The molecule has 0 fully saturated rings.